The van der Waals surface area contributed by atoms with E-state index in [1.54, 1.807) is 12.1 Å². The number of rotatable bonds is 6. The van der Waals surface area contributed by atoms with Crippen LogP contribution in [0.1, 0.15) is 20.3 Å². The van der Waals surface area contributed by atoms with Gasteiger partial charge in [0.05, 0.1) is 12.2 Å². The van der Waals surface area contributed by atoms with Crippen molar-refractivity contribution in [3.63, 3.8) is 0 Å². The van der Waals surface area contributed by atoms with E-state index in [2.05, 4.69) is 24.3 Å². The summed E-state index contributed by atoms with van der Waals surface area (Å²) >= 11 is 0. The van der Waals surface area contributed by atoms with Gasteiger partial charge in [0.1, 0.15) is 0 Å². The summed E-state index contributed by atoms with van der Waals surface area (Å²) in [5.74, 6) is 0. The number of nitrogens with one attached hydrogen (secondary N) is 1. The molecule has 0 aliphatic heterocycles. The van der Waals surface area contributed by atoms with Gasteiger partial charge < -0.3 is 5.32 Å². The molecule has 1 atom stereocenters. The highest BCUT2D eigenvalue weighted by Gasteiger charge is 2.03. The van der Waals surface area contributed by atoms with Crippen LogP contribution in [0.4, 0.5) is 0 Å². The Morgan fingerprint density at radius 1 is 1.20 bits per heavy atom. The molecular weight excluding hydrogens is 250 g/mol. The van der Waals surface area contributed by atoms with Crippen molar-refractivity contribution in [2.75, 3.05) is 6.54 Å². The quantitative estimate of drug-likeness (QED) is 0.877. The van der Waals surface area contributed by atoms with Crippen molar-refractivity contribution in [1.29, 1.82) is 0 Å². The highest BCUT2D eigenvalue weighted by Crippen LogP contribution is 2.13. The SMILES string of the molecule is CCC(C)NCCn1nc(-c2ccccc2)ccc1=O. The summed E-state index contributed by atoms with van der Waals surface area (Å²) in [5.41, 5.74) is 1.79. The minimum Gasteiger partial charge on any atom is -0.312 e. The smallest absolute Gasteiger partial charge is 0.266 e. The molecule has 2 aromatic rings. The van der Waals surface area contributed by atoms with Gasteiger partial charge in [-0.25, -0.2) is 4.68 Å². The van der Waals surface area contributed by atoms with Gasteiger partial charge in [-0.2, -0.15) is 5.10 Å². The molecule has 0 spiro atoms. The van der Waals surface area contributed by atoms with Crippen LogP contribution in [0.3, 0.4) is 0 Å². The van der Waals surface area contributed by atoms with Crippen LogP contribution in [0.2, 0.25) is 0 Å². The van der Waals surface area contributed by atoms with Gasteiger partial charge in [0.2, 0.25) is 0 Å². The zero-order valence-corrected chi connectivity index (χ0v) is 12.0. The summed E-state index contributed by atoms with van der Waals surface area (Å²) in [6.07, 6.45) is 1.08. The molecule has 1 N–H and O–H groups in total. The fraction of sp³-hybridized carbons (Fsp3) is 0.375. The molecule has 0 radical (unpaired) electrons. The maximum atomic E-state index is 11.8. The number of aromatic nitrogens is 2. The Bertz CT molecular complexity index is 592. The van der Waals surface area contributed by atoms with Gasteiger partial charge in [-0.1, -0.05) is 37.3 Å². The largest absolute Gasteiger partial charge is 0.312 e. The molecule has 1 heterocycles. The van der Waals surface area contributed by atoms with E-state index < -0.39 is 0 Å². The van der Waals surface area contributed by atoms with Crippen LogP contribution in [-0.4, -0.2) is 22.4 Å². The zero-order valence-electron chi connectivity index (χ0n) is 12.0. The second-order valence-corrected chi connectivity index (χ2v) is 4.91. The Kier molecular flexibility index (Phi) is 5.07. The van der Waals surface area contributed by atoms with E-state index in [4.69, 9.17) is 0 Å². The standard InChI is InChI=1S/C16H21N3O/c1-3-13(2)17-11-12-19-16(20)10-9-15(18-19)14-7-5-4-6-8-14/h4-10,13,17H,3,11-12H2,1-2H3. The summed E-state index contributed by atoms with van der Waals surface area (Å²) in [5, 5.41) is 7.80. The average molecular weight is 271 g/mol. The van der Waals surface area contributed by atoms with E-state index in [9.17, 15) is 4.79 Å². The molecule has 106 valence electrons. The van der Waals surface area contributed by atoms with Crippen LogP contribution in [0.25, 0.3) is 11.3 Å². The Morgan fingerprint density at radius 2 is 1.95 bits per heavy atom. The summed E-state index contributed by atoms with van der Waals surface area (Å²) < 4.78 is 1.53. The van der Waals surface area contributed by atoms with Gasteiger partial charge in [0, 0.05) is 24.2 Å². The van der Waals surface area contributed by atoms with Crippen LogP contribution in [0, 0.1) is 0 Å². The van der Waals surface area contributed by atoms with Crippen LogP contribution >= 0.6 is 0 Å². The lowest BCUT2D eigenvalue weighted by molar-refractivity contribution is 0.477. The minimum absolute atomic E-state index is 0.0596. The highest BCUT2D eigenvalue weighted by atomic mass is 16.1. The number of benzene rings is 1. The summed E-state index contributed by atoms with van der Waals surface area (Å²) in [6.45, 7) is 5.61. The molecule has 4 nitrogen and oxygen atoms in total. The lowest BCUT2D eigenvalue weighted by Gasteiger charge is -2.12. The molecule has 0 aliphatic carbocycles. The van der Waals surface area contributed by atoms with Crippen LogP contribution in [0.5, 0.6) is 0 Å². The third kappa shape index (κ3) is 3.78. The zero-order chi connectivity index (χ0) is 14.4. The molecule has 1 unspecified atom stereocenters. The van der Waals surface area contributed by atoms with Gasteiger partial charge in [0.15, 0.2) is 0 Å². The maximum absolute atomic E-state index is 11.8. The van der Waals surface area contributed by atoms with Crippen LogP contribution in [-0.2, 0) is 6.54 Å². The Labute approximate surface area is 119 Å². The first-order valence-corrected chi connectivity index (χ1v) is 7.07. The van der Waals surface area contributed by atoms with Crippen LogP contribution in [0.15, 0.2) is 47.3 Å². The highest BCUT2D eigenvalue weighted by molar-refractivity contribution is 5.57. The van der Waals surface area contributed by atoms with Crippen molar-refractivity contribution in [3.8, 4) is 11.3 Å². The molecule has 0 bridgehead atoms. The van der Waals surface area contributed by atoms with Crippen molar-refractivity contribution >= 4 is 0 Å². The van der Waals surface area contributed by atoms with Crippen molar-refractivity contribution in [1.82, 2.24) is 15.1 Å². The van der Waals surface area contributed by atoms with Gasteiger partial charge in [0.25, 0.3) is 5.56 Å². The first kappa shape index (κ1) is 14.5. The van der Waals surface area contributed by atoms with Crippen molar-refractivity contribution in [2.24, 2.45) is 0 Å². The molecule has 1 aromatic heterocycles. The average Bonchev–Trinajstić information content (AvgIpc) is 2.49. The molecule has 4 heteroatoms. The van der Waals surface area contributed by atoms with Crippen molar-refractivity contribution < 1.29 is 0 Å². The number of hydrogen-bond acceptors (Lipinski definition) is 3. The summed E-state index contributed by atoms with van der Waals surface area (Å²) in [4.78, 5) is 11.8. The Morgan fingerprint density at radius 3 is 2.65 bits per heavy atom. The molecule has 0 saturated heterocycles. The van der Waals surface area contributed by atoms with E-state index in [1.165, 1.54) is 4.68 Å². The second kappa shape index (κ2) is 7.01. The molecule has 0 amide bonds. The van der Waals surface area contributed by atoms with E-state index in [0.29, 0.717) is 12.6 Å². The molecule has 2 rings (SSSR count). The molecule has 0 fully saturated rings. The third-order valence-electron chi connectivity index (χ3n) is 3.36. The van der Waals surface area contributed by atoms with E-state index in [-0.39, 0.29) is 5.56 Å². The van der Waals surface area contributed by atoms with Gasteiger partial charge in [-0.3, -0.25) is 4.79 Å². The summed E-state index contributed by atoms with van der Waals surface area (Å²) in [7, 11) is 0. The van der Waals surface area contributed by atoms with Gasteiger partial charge in [-0.05, 0) is 19.4 Å². The lowest BCUT2D eigenvalue weighted by Crippen LogP contribution is -2.32. The Balaban J connectivity index is 2.11. The normalized spacial score (nSPS) is 12.3. The first-order chi connectivity index (χ1) is 9.70. The number of nitrogens with zero attached hydrogens (tertiary/aromatic N) is 2. The molecular formula is C16H21N3O. The Hall–Kier alpha value is -1.94. The minimum atomic E-state index is -0.0596. The topological polar surface area (TPSA) is 46.9 Å². The molecule has 0 aliphatic rings. The predicted molar refractivity (Wildman–Crippen MR) is 81.7 cm³/mol. The maximum Gasteiger partial charge on any atom is 0.266 e. The predicted octanol–water partition coefficient (Wildman–Crippen LogP) is 2.30. The second-order valence-electron chi connectivity index (χ2n) is 4.91. The summed E-state index contributed by atoms with van der Waals surface area (Å²) in [6, 6.07) is 13.7. The molecule has 20 heavy (non-hydrogen) atoms. The monoisotopic (exact) mass is 271 g/mol. The van der Waals surface area contributed by atoms with Gasteiger partial charge in [-0.15, -0.1) is 0 Å². The van der Waals surface area contributed by atoms with E-state index >= 15 is 0 Å². The van der Waals surface area contributed by atoms with Crippen molar-refractivity contribution in [2.45, 2.75) is 32.9 Å². The molecule has 0 saturated carbocycles. The van der Waals surface area contributed by atoms with Crippen LogP contribution < -0.4 is 10.9 Å². The van der Waals surface area contributed by atoms with Crippen molar-refractivity contribution in [3.05, 3.63) is 52.8 Å². The number of hydrogen-bond donors (Lipinski definition) is 1. The van der Waals surface area contributed by atoms with E-state index in [1.807, 2.05) is 30.3 Å². The van der Waals surface area contributed by atoms with Gasteiger partial charge >= 0.3 is 0 Å². The fourth-order valence-corrected chi connectivity index (χ4v) is 1.93. The first-order valence-electron chi connectivity index (χ1n) is 7.07. The third-order valence-corrected chi connectivity index (χ3v) is 3.36. The lowest BCUT2D eigenvalue weighted by atomic mass is 10.1. The fourth-order valence-electron chi connectivity index (χ4n) is 1.93. The molecule has 1 aromatic carbocycles. The van der Waals surface area contributed by atoms with E-state index in [0.717, 1.165) is 24.2 Å².